The van der Waals surface area contributed by atoms with Crippen LogP contribution < -0.4 is 0 Å². The van der Waals surface area contributed by atoms with Gasteiger partial charge in [0.1, 0.15) is 5.82 Å². The second kappa shape index (κ2) is 4.78. The molecule has 0 radical (unpaired) electrons. The van der Waals surface area contributed by atoms with Crippen molar-refractivity contribution >= 4 is 11.6 Å². The highest BCUT2D eigenvalue weighted by molar-refractivity contribution is 6.28. The molecule has 0 unspecified atom stereocenters. The summed E-state index contributed by atoms with van der Waals surface area (Å²) in [4.78, 5) is 4.21. The van der Waals surface area contributed by atoms with Crippen LogP contribution in [0.15, 0.2) is 0 Å². The van der Waals surface area contributed by atoms with Crippen molar-refractivity contribution in [2.75, 3.05) is 0 Å². The Labute approximate surface area is 89.3 Å². The van der Waals surface area contributed by atoms with Crippen LogP contribution in [0.5, 0.6) is 0 Å². The first-order chi connectivity index (χ1) is 6.86. The Morgan fingerprint density at radius 3 is 2.29 bits per heavy atom. The standard InChI is InChI=1S/C10H16ClN3/c11-10-12-9(13-14-10)8-6-4-2-1-3-5-7-8/h8H,1-7H2,(H,12,13,14). The summed E-state index contributed by atoms with van der Waals surface area (Å²) >= 11 is 5.70. The molecule has 1 saturated carbocycles. The van der Waals surface area contributed by atoms with Crippen LogP contribution in [0.3, 0.4) is 0 Å². The van der Waals surface area contributed by atoms with Gasteiger partial charge in [-0.05, 0) is 24.4 Å². The summed E-state index contributed by atoms with van der Waals surface area (Å²) < 4.78 is 0. The van der Waals surface area contributed by atoms with Crippen LogP contribution in [0, 0.1) is 0 Å². The van der Waals surface area contributed by atoms with Crippen LogP contribution in [-0.2, 0) is 0 Å². The normalized spacial score (nSPS) is 20.4. The van der Waals surface area contributed by atoms with Crippen molar-refractivity contribution in [3.63, 3.8) is 0 Å². The summed E-state index contributed by atoms with van der Waals surface area (Å²) in [5.41, 5.74) is 0. The Bertz CT molecular complexity index is 277. The van der Waals surface area contributed by atoms with E-state index in [4.69, 9.17) is 11.6 Å². The molecule has 1 aliphatic carbocycles. The molecule has 0 aliphatic heterocycles. The summed E-state index contributed by atoms with van der Waals surface area (Å²) in [7, 11) is 0. The maximum Gasteiger partial charge on any atom is 0.242 e. The molecule has 0 spiro atoms. The van der Waals surface area contributed by atoms with Gasteiger partial charge in [-0.3, -0.25) is 5.10 Å². The molecule has 2 rings (SSSR count). The Morgan fingerprint density at radius 1 is 1.07 bits per heavy atom. The SMILES string of the molecule is Clc1n[nH]c(C2CCCCCCC2)n1. The maximum atomic E-state index is 5.70. The zero-order chi connectivity index (χ0) is 9.80. The van der Waals surface area contributed by atoms with Gasteiger partial charge in [-0.2, -0.15) is 0 Å². The molecule has 1 aliphatic rings. The van der Waals surface area contributed by atoms with E-state index in [2.05, 4.69) is 15.2 Å². The molecule has 1 aromatic rings. The van der Waals surface area contributed by atoms with Crippen molar-refractivity contribution in [2.45, 2.75) is 50.9 Å². The molecular weight excluding hydrogens is 198 g/mol. The predicted molar refractivity (Wildman–Crippen MR) is 56.5 cm³/mol. The molecule has 0 amide bonds. The average molecular weight is 214 g/mol. The third-order valence-corrected chi connectivity index (χ3v) is 3.14. The number of aromatic nitrogens is 3. The van der Waals surface area contributed by atoms with E-state index in [1.807, 2.05) is 0 Å². The molecule has 1 aromatic heterocycles. The number of hydrogen-bond donors (Lipinski definition) is 1. The molecule has 78 valence electrons. The topological polar surface area (TPSA) is 41.6 Å². The smallest absolute Gasteiger partial charge is 0.242 e. The Morgan fingerprint density at radius 2 is 1.71 bits per heavy atom. The molecule has 14 heavy (non-hydrogen) atoms. The lowest BCUT2D eigenvalue weighted by molar-refractivity contribution is 0.443. The predicted octanol–water partition coefficient (Wildman–Crippen LogP) is 3.29. The minimum absolute atomic E-state index is 0.349. The van der Waals surface area contributed by atoms with Crippen LogP contribution in [0.2, 0.25) is 5.28 Å². The minimum Gasteiger partial charge on any atom is -0.262 e. The van der Waals surface area contributed by atoms with Gasteiger partial charge in [-0.15, -0.1) is 5.10 Å². The average Bonchev–Trinajstić information content (AvgIpc) is 2.51. The summed E-state index contributed by atoms with van der Waals surface area (Å²) in [5, 5.41) is 7.15. The summed E-state index contributed by atoms with van der Waals surface area (Å²) in [6.45, 7) is 0. The van der Waals surface area contributed by atoms with E-state index >= 15 is 0 Å². The lowest BCUT2D eigenvalue weighted by Crippen LogP contribution is -2.04. The van der Waals surface area contributed by atoms with Gasteiger partial charge in [-0.1, -0.05) is 32.1 Å². The Kier molecular flexibility index (Phi) is 3.40. The van der Waals surface area contributed by atoms with Crippen molar-refractivity contribution in [2.24, 2.45) is 0 Å². The van der Waals surface area contributed by atoms with E-state index in [0.717, 1.165) is 5.82 Å². The zero-order valence-corrected chi connectivity index (χ0v) is 9.06. The van der Waals surface area contributed by atoms with Gasteiger partial charge in [0.05, 0.1) is 0 Å². The summed E-state index contributed by atoms with van der Waals surface area (Å²) in [6.07, 6.45) is 9.18. The van der Waals surface area contributed by atoms with Gasteiger partial charge in [0.15, 0.2) is 0 Å². The van der Waals surface area contributed by atoms with Gasteiger partial charge in [0, 0.05) is 5.92 Å². The first kappa shape index (κ1) is 9.97. The largest absolute Gasteiger partial charge is 0.262 e. The molecule has 3 nitrogen and oxygen atoms in total. The van der Waals surface area contributed by atoms with Crippen LogP contribution in [0.25, 0.3) is 0 Å². The number of hydrogen-bond acceptors (Lipinski definition) is 2. The Hall–Kier alpha value is -0.570. The first-order valence-electron chi connectivity index (χ1n) is 5.44. The number of halogens is 1. The molecular formula is C10H16ClN3. The number of nitrogens with zero attached hydrogens (tertiary/aromatic N) is 2. The molecule has 4 heteroatoms. The van der Waals surface area contributed by atoms with E-state index in [-0.39, 0.29) is 0 Å². The van der Waals surface area contributed by atoms with Crippen molar-refractivity contribution < 1.29 is 0 Å². The van der Waals surface area contributed by atoms with Crippen molar-refractivity contribution in [3.8, 4) is 0 Å². The first-order valence-corrected chi connectivity index (χ1v) is 5.82. The van der Waals surface area contributed by atoms with E-state index in [0.29, 0.717) is 11.2 Å². The van der Waals surface area contributed by atoms with Gasteiger partial charge < -0.3 is 0 Å². The molecule has 0 atom stereocenters. The van der Waals surface area contributed by atoms with Crippen LogP contribution >= 0.6 is 11.6 Å². The highest BCUT2D eigenvalue weighted by Crippen LogP contribution is 2.28. The third kappa shape index (κ3) is 2.47. The van der Waals surface area contributed by atoms with Gasteiger partial charge in [-0.25, -0.2) is 4.98 Å². The van der Waals surface area contributed by atoms with E-state index < -0.39 is 0 Å². The van der Waals surface area contributed by atoms with Crippen molar-refractivity contribution in [3.05, 3.63) is 11.1 Å². The summed E-state index contributed by atoms with van der Waals surface area (Å²) in [5.74, 6) is 1.53. The molecule has 0 aromatic carbocycles. The minimum atomic E-state index is 0.349. The van der Waals surface area contributed by atoms with Gasteiger partial charge in [0.2, 0.25) is 5.28 Å². The highest BCUT2D eigenvalue weighted by atomic mass is 35.5. The number of aromatic amines is 1. The quantitative estimate of drug-likeness (QED) is 0.778. The van der Waals surface area contributed by atoms with Crippen LogP contribution in [-0.4, -0.2) is 15.2 Å². The van der Waals surface area contributed by atoms with Gasteiger partial charge >= 0.3 is 0 Å². The van der Waals surface area contributed by atoms with E-state index in [1.165, 1.54) is 44.9 Å². The lowest BCUT2D eigenvalue weighted by atomic mass is 9.91. The Balaban J connectivity index is 2.00. The maximum absolute atomic E-state index is 5.70. The molecule has 0 saturated heterocycles. The van der Waals surface area contributed by atoms with Crippen molar-refractivity contribution in [1.29, 1.82) is 0 Å². The highest BCUT2D eigenvalue weighted by Gasteiger charge is 2.16. The molecule has 1 heterocycles. The zero-order valence-electron chi connectivity index (χ0n) is 8.30. The summed E-state index contributed by atoms with van der Waals surface area (Å²) in [6, 6.07) is 0. The number of rotatable bonds is 1. The second-order valence-corrected chi connectivity index (χ2v) is 4.37. The van der Waals surface area contributed by atoms with Gasteiger partial charge in [0.25, 0.3) is 0 Å². The van der Waals surface area contributed by atoms with E-state index in [1.54, 1.807) is 0 Å². The molecule has 1 N–H and O–H groups in total. The van der Waals surface area contributed by atoms with Crippen LogP contribution in [0.4, 0.5) is 0 Å². The second-order valence-electron chi connectivity index (χ2n) is 4.03. The third-order valence-electron chi connectivity index (χ3n) is 2.97. The number of nitrogens with one attached hydrogen (secondary N) is 1. The lowest BCUT2D eigenvalue weighted by Gasteiger charge is -2.16. The molecule has 0 bridgehead atoms. The van der Waals surface area contributed by atoms with Crippen molar-refractivity contribution in [1.82, 2.24) is 15.2 Å². The van der Waals surface area contributed by atoms with E-state index in [9.17, 15) is 0 Å². The fourth-order valence-corrected chi connectivity index (χ4v) is 2.30. The van der Waals surface area contributed by atoms with Crippen LogP contribution in [0.1, 0.15) is 56.7 Å². The fourth-order valence-electron chi connectivity index (χ4n) is 2.16. The number of H-pyrrole nitrogens is 1. The monoisotopic (exact) mass is 213 g/mol. The molecule has 1 fully saturated rings. The fraction of sp³-hybridized carbons (Fsp3) is 0.800.